The molecule has 0 saturated carbocycles. The molecule has 1 aromatic carbocycles. The van der Waals surface area contributed by atoms with Gasteiger partial charge in [-0.05, 0) is 13.0 Å². The molecule has 0 fully saturated rings. The van der Waals surface area contributed by atoms with Crippen molar-refractivity contribution in [3.8, 4) is 0 Å². The zero-order chi connectivity index (χ0) is 12.5. The van der Waals surface area contributed by atoms with Crippen LogP contribution in [0.15, 0.2) is 36.0 Å². The monoisotopic (exact) mass is 257 g/mol. The number of aromatic nitrogens is 3. The van der Waals surface area contributed by atoms with Crippen LogP contribution < -0.4 is 10.3 Å². The van der Waals surface area contributed by atoms with Crippen molar-refractivity contribution in [2.24, 2.45) is 0 Å². The summed E-state index contributed by atoms with van der Waals surface area (Å²) in [6.07, 6.45) is 1.80. The molecule has 3 rings (SSSR count). The number of thiazole rings is 1. The Labute approximate surface area is 109 Å². The predicted octanol–water partition coefficient (Wildman–Crippen LogP) is 1.92. The summed E-state index contributed by atoms with van der Waals surface area (Å²) in [6, 6.07) is 8.32. The van der Waals surface area contributed by atoms with Crippen molar-refractivity contribution in [1.29, 1.82) is 0 Å². The van der Waals surface area contributed by atoms with Crippen molar-refractivity contribution in [3.63, 3.8) is 0 Å². The number of hydrogen-bond donors (Lipinski definition) is 1. The number of anilines is 1. The topological polar surface area (TPSA) is 55.7 Å². The van der Waals surface area contributed by atoms with Crippen LogP contribution in [0.2, 0.25) is 0 Å². The fourth-order valence-electron chi connectivity index (χ4n) is 1.91. The lowest BCUT2D eigenvalue weighted by Crippen LogP contribution is -2.32. The minimum atomic E-state index is 0.560. The van der Waals surface area contributed by atoms with Crippen LogP contribution in [0, 0.1) is 6.92 Å². The van der Waals surface area contributed by atoms with E-state index in [9.17, 15) is 0 Å². The van der Waals surface area contributed by atoms with Crippen LogP contribution in [0.5, 0.6) is 0 Å². The van der Waals surface area contributed by atoms with Gasteiger partial charge in [0.2, 0.25) is 11.0 Å². The number of fused-ring (bicyclic) bond motifs is 1. The standard InChI is InChI=1S/C13H13N4S/c1-9-15-6-10(13(14)16-9)7-17-8-18-12-5-3-2-4-11(12)17/h2-6,8H,7H2,1H3,(H2,14,15,16)/q+1. The Balaban J connectivity index is 2.01. The first-order valence-electron chi connectivity index (χ1n) is 5.68. The molecule has 90 valence electrons. The van der Waals surface area contributed by atoms with Crippen molar-refractivity contribution in [2.45, 2.75) is 13.5 Å². The highest BCUT2D eigenvalue weighted by atomic mass is 32.1. The van der Waals surface area contributed by atoms with Crippen molar-refractivity contribution in [1.82, 2.24) is 9.97 Å². The Hall–Kier alpha value is -2.01. The van der Waals surface area contributed by atoms with Crippen LogP contribution in [-0.2, 0) is 6.54 Å². The minimum absolute atomic E-state index is 0.560. The summed E-state index contributed by atoms with van der Waals surface area (Å²) in [6.45, 7) is 2.55. The number of nitrogen functional groups attached to an aromatic ring is 1. The zero-order valence-electron chi connectivity index (χ0n) is 10.00. The van der Waals surface area contributed by atoms with Crippen LogP contribution in [0.4, 0.5) is 5.82 Å². The SMILES string of the molecule is Cc1ncc(C[n+]2csc3ccccc32)c(N)n1. The van der Waals surface area contributed by atoms with Crippen LogP contribution in [-0.4, -0.2) is 9.97 Å². The second kappa shape index (κ2) is 4.34. The maximum absolute atomic E-state index is 5.92. The van der Waals surface area contributed by atoms with E-state index in [0.717, 1.165) is 5.56 Å². The molecule has 0 aliphatic carbocycles. The summed E-state index contributed by atoms with van der Waals surface area (Å²) in [5.74, 6) is 1.27. The lowest BCUT2D eigenvalue weighted by molar-refractivity contribution is -0.658. The minimum Gasteiger partial charge on any atom is -0.383 e. The molecule has 2 aromatic heterocycles. The second-order valence-electron chi connectivity index (χ2n) is 4.15. The lowest BCUT2D eigenvalue weighted by atomic mass is 10.3. The van der Waals surface area contributed by atoms with E-state index in [4.69, 9.17) is 5.73 Å². The van der Waals surface area contributed by atoms with Gasteiger partial charge in [-0.25, -0.2) is 9.97 Å². The van der Waals surface area contributed by atoms with Crippen LogP contribution in [0.25, 0.3) is 10.2 Å². The van der Waals surface area contributed by atoms with Crippen LogP contribution in [0.1, 0.15) is 11.4 Å². The molecule has 4 nitrogen and oxygen atoms in total. The molecule has 0 aliphatic rings. The summed E-state index contributed by atoms with van der Waals surface area (Å²) < 4.78 is 3.44. The quantitative estimate of drug-likeness (QED) is 0.714. The van der Waals surface area contributed by atoms with E-state index >= 15 is 0 Å². The summed E-state index contributed by atoms with van der Waals surface area (Å²) in [5.41, 5.74) is 10.2. The molecule has 0 unspecified atom stereocenters. The van der Waals surface area contributed by atoms with Gasteiger partial charge in [0.05, 0.1) is 5.56 Å². The third-order valence-corrected chi connectivity index (χ3v) is 3.80. The van der Waals surface area contributed by atoms with Crippen molar-refractivity contribution in [2.75, 3.05) is 5.73 Å². The Morgan fingerprint density at radius 1 is 1.33 bits per heavy atom. The van der Waals surface area contributed by atoms with Gasteiger partial charge in [-0.1, -0.05) is 23.5 Å². The molecule has 0 atom stereocenters. The van der Waals surface area contributed by atoms with Gasteiger partial charge >= 0.3 is 0 Å². The van der Waals surface area contributed by atoms with E-state index in [0.29, 0.717) is 18.2 Å². The van der Waals surface area contributed by atoms with E-state index in [-0.39, 0.29) is 0 Å². The zero-order valence-corrected chi connectivity index (χ0v) is 10.8. The number of benzene rings is 1. The van der Waals surface area contributed by atoms with E-state index in [1.807, 2.05) is 19.1 Å². The third-order valence-electron chi connectivity index (χ3n) is 2.84. The van der Waals surface area contributed by atoms with E-state index < -0.39 is 0 Å². The van der Waals surface area contributed by atoms with Gasteiger partial charge in [0.1, 0.15) is 16.3 Å². The number of para-hydroxylation sites is 1. The molecule has 0 radical (unpaired) electrons. The molecular formula is C13H13N4S+. The molecule has 3 aromatic rings. The van der Waals surface area contributed by atoms with Crippen molar-refractivity contribution >= 4 is 27.4 Å². The largest absolute Gasteiger partial charge is 0.383 e. The molecule has 5 heteroatoms. The first-order chi connectivity index (χ1) is 8.74. The van der Waals surface area contributed by atoms with Gasteiger partial charge in [-0.2, -0.15) is 4.57 Å². The predicted molar refractivity (Wildman–Crippen MR) is 72.3 cm³/mol. The van der Waals surface area contributed by atoms with Crippen molar-refractivity contribution in [3.05, 3.63) is 47.4 Å². The van der Waals surface area contributed by atoms with Crippen molar-refractivity contribution < 1.29 is 4.57 Å². The highest BCUT2D eigenvalue weighted by Gasteiger charge is 2.14. The third kappa shape index (κ3) is 1.93. The highest BCUT2D eigenvalue weighted by Crippen LogP contribution is 2.16. The second-order valence-corrected chi connectivity index (χ2v) is 5.03. The Morgan fingerprint density at radius 3 is 3.00 bits per heavy atom. The Bertz CT molecular complexity index is 705. The van der Waals surface area contributed by atoms with Gasteiger partial charge in [-0.3, -0.25) is 0 Å². The highest BCUT2D eigenvalue weighted by molar-refractivity contribution is 7.16. The number of aryl methyl sites for hydroxylation is 1. The molecule has 0 spiro atoms. The number of nitrogens with zero attached hydrogens (tertiary/aromatic N) is 3. The molecule has 0 bridgehead atoms. The first-order valence-corrected chi connectivity index (χ1v) is 6.55. The number of nitrogens with two attached hydrogens (primary N) is 1. The van der Waals surface area contributed by atoms with Gasteiger partial charge in [0.15, 0.2) is 6.54 Å². The molecule has 0 amide bonds. The van der Waals surface area contributed by atoms with Crippen LogP contribution in [0.3, 0.4) is 0 Å². The summed E-state index contributed by atoms with van der Waals surface area (Å²) in [4.78, 5) is 8.39. The van der Waals surface area contributed by atoms with E-state index in [1.54, 1.807) is 17.5 Å². The molecule has 2 heterocycles. The lowest BCUT2D eigenvalue weighted by Gasteiger charge is -2.01. The fraction of sp³-hybridized carbons (Fsp3) is 0.154. The number of rotatable bonds is 2. The summed E-state index contributed by atoms with van der Waals surface area (Å²) in [5, 5.41) is 0. The summed E-state index contributed by atoms with van der Waals surface area (Å²) >= 11 is 1.72. The molecule has 2 N–H and O–H groups in total. The van der Waals surface area contributed by atoms with E-state index in [2.05, 4.69) is 32.2 Å². The average Bonchev–Trinajstić information content (AvgIpc) is 2.76. The Kier molecular flexibility index (Phi) is 2.68. The smallest absolute Gasteiger partial charge is 0.226 e. The molecule has 0 aliphatic heterocycles. The molecule has 0 saturated heterocycles. The van der Waals surface area contributed by atoms with Crippen LogP contribution >= 0.6 is 11.3 Å². The first kappa shape index (κ1) is 11.1. The van der Waals surface area contributed by atoms with Gasteiger partial charge in [-0.15, -0.1) is 0 Å². The normalized spacial score (nSPS) is 10.9. The maximum Gasteiger partial charge on any atom is 0.226 e. The van der Waals surface area contributed by atoms with Gasteiger partial charge in [0.25, 0.3) is 0 Å². The summed E-state index contributed by atoms with van der Waals surface area (Å²) in [7, 11) is 0. The average molecular weight is 257 g/mol. The fourth-order valence-corrected chi connectivity index (χ4v) is 2.80. The molecule has 18 heavy (non-hydrogen) atoms. The molecular weight excluding hydrogens is 244 g/mol. The Morgan fingerprint density at radius 2 is 2.17 bits per heavy atom. The number of hydrogen-bond acceptors (Lipinski definition) is 4. The van der Waals surface area contributed by atoms with Gasteiger partial charge in [0, 0.05) is 12.3 Å². The maximum atomic E-state index is 5.92. The van der Waals surface area contributed by atoms with E-state index in [1.165, 1.54) is 10.2 Å². The van der Waals surface area contributed by atoms with Gasteiger partial charge < -0.3 is 5.73 Å².